The summed E-state index contributed by atoms with van der Waals surface area (Å²) in [6.07, 6.45) is 5.61. The Morgan fingerprint density at radius 3 is 3.00 bits per heavy atom. The molecule has 1 unspecified atom stereocenters. The lowest BCUT2D eigenvalue weighted by atomic mass is 9.98. The first-order valence-corrected chi connectivity index (χ1v) is 8.50. The van der Waals surface area contributed by atoms with E-state index >= 15 is 0 Å². The van der Waals surface area contributed by atoms with Gasteiger partial charge in [0.25, 0.3) is 0 Å². The Labute approximate surface area is 140 Å². The number of amides is 2. The van der Waals surface area contributed by atoms with Crippen molar-refractivity contribution in [1.82, 2.24) is 20.0 Å². The maximum atomic E-state index is 12.5. The van der Waals surface area contributed by atoms with Crippen LogP contribution in [0.3, 0.4) is 0 Å². The fourth-order valence-electron chi connectivity index (χ4n) is 3.38. The number of carbonyl (C=O) groups excluding carboxylic acids is 1. The summed E-state index contributed by atoms with van der Waals surface area (Å²) in [6, 6.07) is -0.318. The van der Waals surface area contributed by atoms with Crippen LogP contribution in [0.15, 0.2) is 12.4 Å². The molecular formula is C16H24N4O4. The van der Waals surface area contributed by atoms with E-state index in [1.807, 2.05) is 17.8 Å². The third kappa shape index (κ3) is 3.53. The van der Waals surface area contributed by atoms with Gasteiger partial charge in [0.05, 0.1) is 18.2 Å². The van der Waals surface area contributed by atoms with Crippen molar-refractivity contribution in [2.24, 2.45) is 5.92 Å². The molecule has 8 nitrogen and oxygen atoms in total. The van der Waals surface area contributed by atoms with Crippen molar-refractivity contribution in [3.05, 3.63) is 18.0 Å². The zero-order valence-electron chi connectivity index (χ0n) is 13.9. The molecule has 8 heteroatoms. The Morgan fingerprint density at radius 2 is 2.29 bits per heavy atom. The Morgan fingerprint density at radius 1 is 1.46 bits per heavy atom. The summed E-state index contributed by atoms with van der Waals surface area (Å²) >= 11 is 0. The summed E-state index contributed by atoms with van der Waals surface area (Å²) in [5.41, 5.74) is 0.960. The maximum Gasteiger partial charge on any atom is 0.317 e. The summed E-state index contributed by atoms with van der Waals surface area (Å²) in [5.74, 6) is -1.30. The number of nitrogens with zero attached hydrogens (tertiary/aromatic N) is 3. The number of hydrogen-bond donors (Lipinski definition) is 2. The van der Waals surface area contributed by atoms with Crippen LogP contribution >= 0.6 is 0 Å². The van der Waals surface area contributed by atoms with Crippen LogP contribution in [0.25, 0.3) is 0 Å². The number of carboxylic acids is 1. The fourth-order valence-corrected chi connectivity index (χ4v) is 3.38. The van der Waals surface area contributed by atoms with Crippen LogP contribution < -0.4 is 5.32 Å². The van der Waals surface area contributed by atoms with Crippen LogP contribution in [0.5, 0.6) is 0 Å². The largest absolute Gasteiger partial charge is 0.481 e. The molecule has 132 valence electrons. The number of carbonyl (C=O) groups is 2. The van der Waals surface area contributed by atoms with Gasteiger partial charge < -0.3 is 20.1 Å². The lowest BCUT2D eigenvalue weighted by Crippen LogP contribution is -2.50. The number of rotatable bonds is 4. The minimum Gasteiger partial charge on any atom is -0.481 e. The van der Waals surface area contributed by atoms with Gasteiger partial charge in [0.1, 0.15) is 6.10 Å². The molecule has 2 aliphatic heterocycles. The standard InChI is InChI=1S/C16H24N4O4/c1-2-20-10-12(8-17-20)14-13(5-7-24-14)18-16(23)19-6-3-4-11(9-19)15(21)22/h8,10-11,13-14H,2-7,9H2,1H3,(H,18,23)(H,21,22)/t11?,13-,14+/m0/s1. The van der Waals surface area contributed by atoms with Gasteiger partial charge in [-0.25, -0.2) is 4.79 Å². The number of hydrogen-bond acceptors (Lipinski definition) is 4. The first-order valence-electron chi connectivity index (χ1n) is 8.50. The molecule has 0 bridgehead atoms. The van der Waals surface area contributed by atoms with Crippen molar-refractivity contribution in [2.45, 2.75) is 44.9 Å². The molecule has 2 N–H and O–H groups in total. The predicted octanol–water partition coefficient (Wildman–Crippen LogP) is 1.24. The third-order valence-electron chi connectivity index (χ3n) is 4.76. The molecule has 24 heavy (non-hydrogen) atoms. The molecule has 3 rings (SSSR count). The lowest BCUT2D eigenvalue weighted by Gasteiger charge is -2.32. The predicted molar refractivity (Wildman–Crippen MR) is 85.5 cm³/mol. The van der Waals surface area contributed by atoms with E-state index in [1.54, 1.807) is 11.1 Å². The van der Waals surface area contributed by atoms with Crippen molar-refractivity contribution in [2.75, 3.05) is 19.7 Å². The van der Waals surface area contributed by atoms with Gasteiger partial charge in [-0.3, -0.25) is 9.48 Å². The van der Waals surface area contributed by atoms with Crippen molar-refractivity contribution < 1.29 is 19.4 Å². The molecule has 2 aliphatic rings. The Balaban J connectivity index is 1.61. The van der Waals surface area contributed by atoms with Gasteiger partial charge in [0.2, 0.25) is 0 Å². The van der Waals surface area contributed by atoms with Crippen LogP contribution in [0.1, 0.15) is 37.9 Å². The summed E-state index contributed by atoms with van der Waals surface area (Å²) in [4.78, 5) is 25.3. The average molecular weight is 336 g/mol. The van der Waals surface area contributed by atoms with Gasteiger partial charge in [-0.2, -0.15) is 5.10 Å². The Hall–Kier alpha value is -2.09. The highest BCUT2D eigenvalue weighted by atomic mass is 16.5. The quantitative estimate of drug-likeness (QED) is 0.862. The second-order valence-corrected chi connectivity index (χ2v) is 6.39. The Kier molecular flexibility index (Phi) is 5.03. The number of likely N-dealkylation sites (tertiary alicyclic amines) is 1. The highest BCUT2D eigenvalue weighted by Crippen LogP contribution is 2.29. The molecule has 1 aromatic rings. The van der Waals surface area contributed by atoms with E-state index < -0.39 is 11.9 Å². The van der Waals surface area contributed by atoms with E-state index in [0.29, 0.717) is 19.6 Å². The molecule has 1 aromatic heterocycles. The van der Waals surface area contributed by atoms with Crippen LogP contribution in [-0.2, 0) is 16.1 Å². The molecule has 2 fully saturated rings. The fraction of sp³-hybridized carbons (Fsp3) is 0.688. The monoisotopic (exact) mass is 336 g/mol. The summed E-state index contributed by atoms with van der Waals surface area (Å²) < 4.78 is 7.61. The molecule has 0 aliphatic carbocycles. The highest BCUT2D eigenvalue weighted by Gasteiger charge is 2.34. The smallest absolute Gasteiger partial charge is 0.317 e. The lowest BCUT2D eigenvalue weighted by molar-refractivity contribution is -0.143. The highest BCUT2D eigenvalue weighted by molar-refractivity contribution is 5.77. The van der Waals surface area contributed by atoms with Crippen LogP contribution in [-0.4, -0.2) is 57.5 Å². The molecule has 0 spiro atoms. The first kappa shape index (κ1) is 16.8. The van der Waals surface area contributed by atoms with Gasteiger partial charge in [-0.15, -0.1) is 0 Å². The second kappa shape index (κ2) is 7.21. The summed E-state index contributed by atoms with van der Waals surface area (Å²) in [5, 5.41) is 16.4. The molecule has 0 radical (unpaired) electrons. The number of piperidine rings is 1. The van der Waals surface area contributed by atoms with Crippen molar-refractivity contribution >= 4 is 12.0 Å². The minimum atomic E-state index is -0.832. The molecule has 0 saturated carbocycles. The van der Waals surface area contributed by atoms with Gasteiger partial charge >= 0.3 is 12.0 Å². The zero-order valence-corrected chi connectivity index (χ0v) is 13.9. The molecule has 2 amide bonds. The SMILES string of the molecule is CCn1cc([C@H]2OCC[C@@H]2NC(=O)N2CCCC(C(=O)O)C2)cn1. The zero-order chi connectivity index (χ0) is 17.1. The number of aromatic nitrogens is 2. The molecule has 2 saturated heterocycles. The van der Waals surface area contributed by atoms with Gasteiger partial charge in [-0.05, 0) is 26.2 Å². The molecule has 3 heterocycles. The van der Waals surface area contributed by atoms with E-state index in [2.05, 4.69) is 10.4 Å². The number of carboxylic acid groups (broad SMARTS) is 1. The summed E-state index contributed by atoms with van der Waals surface area (Å²) in [6.45, 7) is 4.26. The summed E-state index contributed by atoms with van der Waals surface area (Å²) in [7, 11) is 0. The normalized spacial score (nSPS) is 27.2. The maximum absolute atomic E-state index is 12.5. The van der Waals surface area contributed by atoms with E-state index in [0.717, 1.165) is 24.9 Å². The molecular weight excluding hydrogens is 312 g/mol. The number of nitrogens with one attached hydrogen (secondary N) is 1. The van der Waals surface area contributed by atoms with Crippen molar-refractivity contribution in [3.63, 3.8) is 0 Å². The Bertz CT molecular complexity index is 603. The van der Waals surface area contributed by atoms with E-state index in [9.17, 15) is 9.59 Å². The van der Waals surface area contributed by atoms with E-state index in [1.165, 1.54) is 0 Å². The van der Waals surface area contributed by atoms with Crippen LogP contribution in [0.4, 0.5) is 4.79 Å². The van der Waals surface area contributed by atoms with Gasteiger partial charge in [-0.1, -0.05) is 0 Å². The van der Waals surface area contributed by atoms with Gasteiger partial charge in [0, 0.05) is 38.0 Å². The van der Waals surface area contributed by atoms with E-state index in [-0.39, 0.29) is 24.7 Å². The van der Waals surface area contributed by atoms with Crippen LogP contribution in [0.2, 0.25) is 0 Å². The second-order valence-electron chi connectivity index (χ2n) is 6.39. The van der Waals surface area contributed by atoms with Gasteiger partial charge in [0.15, 0.2) is 0 Å². The van der Waals surface area contributed by atoms with E-state index in [4.69, 9.17) is 9.84 Å². The number of ether oxygens (including phenoxy) is 1. The van der Waals surface area contributed by atoms with Crippen molar-refractivity contribution in [3.8, 4) is 0 Å². The van der Waals surface area contributed by atoms with Crippen molar-refractivity contribution in [1.29, 1.82) is 0 Å². The number of urea groups is 1. The average Bonchev–Trinajstić information content (AvgIpc) is 3.23. The number of aliphatic carboxylic acids is 1. The number of aryl methyl sites for hydroxylation is 1. The topological polar surface area (TPSA) is 96.7 Å². The molecule has 0 aromatic carbocycles. The van der Waals surface area contributed by atoms with Crippen LogP contribution in [0, 0.1) is 5.92 Å². The minimum absolute atomic E-state index is 0.114. The molecule has 3 atom stereocenters. The first-order chi connectivity index (χ1) is 11.6. The third-order valence-corrected chi connectivity index (χ3v) is 4.76.